The van der Waals surface area contributed by atoms with E-state index < -0.39 is 9.84 Å². The minimum absolute atomic E-state index is 0.233. The largest absolute Gasteiger partial charge is 0.401 e. The van der Waals surface area contributed by atoms with Crippen molar-refractivity contribution in [2.24, 2.45) is 0 Å². The van der Waals surface area contributed by atoms with Crippen LogP contribution in [0.15, 0.2) is 89.4 Å². The van der Waals surface area contributed by atoms with Crippen LogP contribution in [0.25, 0.3) is 23.1 Å². The lowest BCUT2D eigenvalue weighted by atomic mass is 10.2. The van der Waals surface area contributed by atoms with E-state index in [2.05, 4.69) is 9.97 Å². The van der Waals surface area contributed by atoms with Gasteiger partial charge in [-0.25, -0.2) is 18.0 Å². The van der Waals surface area contributed by atoms with Crippen molar-refractivity contribution < 1.29 is 13.0 Å². The van der Waals surface area contributed by atoms with E-state index >= 15 is 0 Å². The van der Waals surface area contributed by atoms with Crippen LogP contribution in [0.2, 0.25) is 0 Å². The average Bonchev–Trinajstić information content (AvgIpc) is 3.12. The fourth-order valence-electron chi connectivity index (χ4n) is 2.62. The summed E-state index contributed by atoms with van der Waals surface area (Å²) in [5.74, 6) is 0.634. The monoisotopic (exact) mass is 362 g/mol. The second-order valence-electron chi connectivity index (χ2n) is 5.78. The summed E-state index contributed by atoms with van der Waals surface area (Å²) < 4.78 is 26.7. The van der Waals surface area contributed by atoms with E-state index in [1.807, 2.05) is 54.6 Å². The zero-order valence-electron chi connectivity index (χ0n) is 13.8. The molecule has 6 heteroatoms. The predicted octanol–water partition coefficient (Wildman–Crippen LogP) is 3.28. The Bertz CT molecular complexity index is 1150. The summed E-state index contributed by atoms with van der Waals surface area (Å²) in [5, 5.41) is 1.23. The highest BCUT2D eigenvalue weighted by Crippen LogP contribution is 2.14. The first-order chi connectivity index (χ1) is 12.6. The van der Waals surface area contributed by atoms with E-state index in [1.165, 1.54) is 5.41 Å². The van der Waals surface area contributed by atoms with Crippen LogP contribution in [0, 0.1) is 0 Å². The molecule has 0 amide bonds. The number of benzene rings is 2. The first-order valence-electron chi connectivity index (χ1n) is 8.06. The first-order valence-corrected chi connectivity index (χ1v) is 9.61. The summed E-state index contributed by atoms with van der Waals surface area (Å²) >= 11 is 0. The molecule has 2 aromatic carbocycles. The molecule has 0 bridgehead atoms. The van der Waals surface area contributed by atoms with Crippen LogP contribution in [-0.2, 0) is 9.84 Å². The molecule has 0 aliphatic carbocycles. The lowest BCUT2D eigenvalue weighted by Gasteiger charge is -2.00. The third-order valence-electron chi connectivity index (χ3n) is 3.99. The molecule has 4 aromatic rings. The van der Waals surface area contributed by atoms with E-state index in [0.717, 1.165) is 16.6 Å². The van der Waals surface area contributed by atoms with Gasteiger partial charge in [0.25, 0.3) is 0 Å². The predicted molar refractivity (Wildman–Crippen MR) is 100 cm³/mol. The molecule has 0 aliphatic heterocycles. The van der Waals surface area contributed by atoms with Gasteiger partial charge in [-0.2, -0.15) is 0 Å². The van der Waals surface area contributed by atoms with E-state index in [0.29, 0.717) is 5.95 Å². The fourth-order valence-corrected chi connectivity index (χ4v) is 3.61. The molecular formula is C20H16N3O2S+. The number of pyridine rings is 1. The standard InChI is InChI=1S/C20H16N3O2S/c24-26(25,15-12-16-6-2-1-3-7-16)17-10-13-23(14-11-17)20-21-18-8-4-5-9-19(18)22-20/h1-15H,(H,21,22)/q+1/b15-12+. The van der Waals surface area contributed by atoms with Gasteiger partial charge in [0, 0.05) is 5.41 Å². The lowest BCUT2D eigenvalue weighted by Crippen LogP contribution is -2.31. The second kappa shape index (κ2) is 6.57. The first kappa shape index (κ1) is 16.2. The molecule has 0 radical (unpaired) electrons. The van der Waals surface area contributed by atoms with Crippen molar-refractivity contribution in [1.29, 1.82) is 0 Å². The number of imidazole rings is 1. The van der Waals surface area contributed by atoms with Crippen LogP contribution >= 0.6 is 0 Å². The summed E-state index contributed by atoms with van der Waals surface area (Å²) in [4.78, 5) is 7.93. The second-order valence-corrected chi connectivity index (χ2v) is 7.61. The van der Waals surface area contributed by atoms with Crippen molar-refractivity contribution >= 4 is 26.9 Å². The smallest absolute Gasteiger partial charge is 0.238 e. The Labute approximate surface area is 151 Å². The van der Waals surface area contributed by atoms with Crippen molar-refractivity contribution in [3.05, 3.63) is 90.1 Å². The molecule has 26 heavy (non-hydrogen) atoms. The molecule has 0 spiro atoms. The fraction of sp³-hybridized carbons (Fsp3) is 0. The van der Waals surface area contributed by atoms with Gasteiger partial charge in [-0.15, -0.1) is 0 Å². The Kier molecular flexibility index (Phi) is 4.10. The molecule has 5 nitrogen and oxygen atoms in total. The molecule has 4 rings (SSSR count). The normalized spacial score (nSPS) is 12.0. The number of aromatic amines is 1. The Morgan fingerprint density at radius 1 is 0.885 bits per heavy atom. The Morgan fingerprint density at radius 2 is 1.58 bits per heavy atom. The molecule has 0 aliphatic rings. The maximum absolute atomic E-state index is 12.5. The maximum Gasteiger partial charge on any atom is 0.401 e. The van der Waals surface area contributed by atoms with Gasteiger partial charge in [-0.3, -0.25) is 0 Å². The average molecular weight is 362 g/mol. The van der Waals surface area contributed by atoms with Gasteiger partial charge >= 0.3 is 5.95 Å². The van der Waals surface area contributed by atoms with Crippen LogP contribution < -0.4 is 4.57 Å². The summed E-state index contributed by atoms with van der Waals surface area (Å²) in [6.45, 7) is 0. The zero-order valence-corrected chi connectivity index (χ0v) is 14.6. The molecule has 1 N–H and O–H groups in total. The van der Waals surface area contributed by atoms with Gasteiger partial charge in [-0.05, 0) is 35.9 Å². The highest BCUT2D eigenvalue weighted by molar-refractivity contribution is 7.94. The number of nitrogens with one attached hydrogen (secondary N) is 1. The van der Waals surface area contributed by atoms with Crippen LogP contribution in [0.3, 0.4) is 0 Å². The molecule has 0 saturated heterocycles. The molecular weight excluding hydrogens is 346 g/mol. The Morgan fingerprint density at radius 3 is 2.31 bits per heavy atom. The minimum atomic E-state index is -3.51. The van der Waals surface area contributed by atoms with E-state index in [1.54, 1.807) is 35.2 Å². The summed E-state index contributed by atoms with van der Waals surface area (Å²) in [5.41, 5.74) is 2.62. The molecule has 0 atom stereocenters. The van der Waals surface area contributed by atoms with Crippen LogP contribution in [0.5, 0.6) is 0 Å². The van der Waals surface area contributed by atoms with Crippen LogP contribution in [-0.4, -0.2) is 18.4 Å². The van der Waals surface area contributed by atoms with Crippen LogP contribution in [0.1, 0.15) is 5.56 Å². The number of sulfone groups is 1. The van der Waals surface area contributed by atoms with Gasteiger partial charge in [-0.1, -0.05) is 47.4 Å². The topological polar surface area (TPSA) is 66.7 Å². The van der Waals surface area contributed by atoms with Crippen molar-refractivity contribution in [1.82, 2.24) is 9.97 Å². The number of fused-ring (bicyclic) bond motifs is 1. The third kappa shape index (κ3) is 3.27. The quantitative estimate of drug-likeness (QED) is 0.567. The molecule has 0 saturated carbocycles. The molecule has 128 valence electrons. The lowest BCUT2D eigenvalue weighted by molar-refractivity contribution is -0.603. The number of hydrogen-bond donors (Lipinski definition) is 1. The number of rotatable bonds is 4. The van der Waals surface area contributed by atoms with Gasteiger partial charge in [0.2, 0.25) is 0 Å². The Balaban J connectivity index is 1.61. The van der Waals surface area contributed by atoms with Crippen molar-refractivity contribution in [3.63, 3.8) is 0 Å². The summed E-state index contributed by atoms with van der Waals surface area (Å²) in [7, 11) is -3.51. The van der Waals surface area contributed by atoms with Crippen LogP contribution in [0.4, 0.5) is 0 Å². The van der Waals surface area contributed by atoms with E-state index in [-0.39, 0.29) is 4.90 Å². The molecule has 0 fully saturated rings. The zero-order chi connectivity index (χ0) is 18.0. The highest BCUT2D eigenvalue weighted by Gasteiger charge is 2.15. The number of H-pyrrole nitrogens is 1. The van der Waals surface area contributed by atoms with Crippen molar-refractivity contribution in [2.75, 3.05) is 0 Å². The Hall–Kier alpha value is -3.25. The SMILES string of the molecule is O=S(=O)(/C=C/c1ccccc1)c1cc[n+](-c2nc3ccccc3[nH]2)cc1. The molecule has 0 unspecified atom stereocenters. The van der Waals surface area contributed by atoms with Gasteiger partial charge in [0.1, 0.15) is 5.52 Å². The summed E-state index contributed by atoms with van der Waals surface area (Å²) in [6.07, 6.45) is 4.96. The van der Waals surface area contributed by atoms with E-state index in [9.17, 15) is 8.42 Å². The molecule has 2 aromatic heterocycles. The summed E-state index contributed by atoms with van der Waals surface area (Å²) in [6, 6.07) is 20.2. The van der Waals surface area contributed by atoms with Crippen molar-refractivity contribution in [2.45, 2.75) is 4.90 Å². The maximum atomic E-state index is 12.5. The number of para-hydroxylation sites is 2. The number of nitrogens with zero attached hydrogens (tertiary/aromatic N) is 2. The minimum Gasteiger partial charge on any atom is -0.238 e. The highest BCUT2D eigenvalue weighted by atomic mass is 32.2. The molecule has 2 heterocycles. The van der Waals surface area contributed by atoms with Gasteiger partial charge in [0.15, 0.2) is 15.4 Å². The van der Waals surface area contributed by atoms with E-state index in [4.69, 9.17) is 0 Å². The number of hydrogen-bond acceptors (Lipinski definition) is 3. The van der Waals surface area contributed by atoms with Gasteiger partial charge in [0.05, 0.1) is 17.3 Å². The van der Waals surface area contributed by atoms with Gasteiger partial charge < -0.3 is 0 Å². The third-order valence-corrected chi connectivity index (χ3v) is 5.41. The number of aromatic nitrogens is 3. The van der Waals surface area contributed by atoms with Crippen molar-refractivity contribution in [3.8, 4) is 5.95 Å².